The SMILES string of the molecule is CCCCOC(CCCCCCCCC(C)OCC)(OCCCC)OCCCC. The van der Waals surface area contributed by atoms with Crippen molar-refractivity contribution in [2.75, 3.05) is 26.4 Å². The maximum absolute atomic E-state index is 6.20. The van der Waals surface area contributed by atoms with Gasteiger partial charge in [0.25, 0.3) is 5.97 Å². The molecule has 0 rings (SSSR count). The fraction of sp³-hybridized carbons (Fsp3) is 1.00. The summed E-state index contributed by atoms with van der Waals surface area (Å²) in [7, 11) is 0. The van der Waals surface area contributed by atoms with Crippen molar-refractivity contribution in [3.63, 3.8) is 0 Å². The number of hydrogen-bond donors (Lipinski definition) is 0. The van der Waals surface area contributed by atoms with Crippen LogP contribution in [0.3, 0.4) is 0 Å². The Kier molecular flexibility index (Phi) is 21.0. The summed E-state index contributed by atoms with van der Waals surface area (Å²) in [6, 6.07) is 0. The molecule has 4 nitrogen and oxygen atoms in total. The van der Waals surface area contributed by atoms with E-state index in [1.165, 1.54) is 38.5 Å². The van der Waals surface area contributed by atoms with Gasteiger partial charge < -0.3 is 18.9 Å². The summed E-state index contributed by atoms with van der Waals surface area (Å²) < 4.78 is 24.2. The first-order valence-electron chi connectivity index (χ1n) is 12.7. The first-order valence-corrected chi connectivity index (χ1v) is 12.7. The third-order valence-electron chi connectivity index (χ3n) is 5.25. The third-order valence-corrected chi connectivity index (χ3v) is 5.25. The van der Waals surface area contributed by atoms with Crippen molar-refractivity contribution >= 4 is 0 Å². The van der Waals surface area contributed by atoms with Crippen molar-refractivity contribution in [1.82, 2.24) is 0 Å². The van der Waals surface area contributed by atoms with E-state index in [0.717, 1.165) is 58.0 Å². The zero-order chi connectivity index (χ0) is 21.6. The molecular weight excluding hydrogens is 364 g/mol. The minimum Gasteiger partial charge on any atom is -0.379 e. The van der Waals surface area contributed by atoms with Crippen molar-refractivity contribution in [2.24, 2.45) is 0 Å². The molecule has 4 heteroatoms. The van der Waals surface area contributed by atoms with E-state index in [2.05, 4.69) is 34.6 Å². The molecule has 0 aromatic carbocycles. The van der Waals surface area contributed by atoms with Gasteiger partial charge in [-0.25, -0.2) is 0 Å². The van der Waals surface area contributed by atoms with Crippen LogP contribution in [0.25, 0.3) is 0 Å². The Hall–Kier alpha value is -0.160. The molecule has 1 atom stereocenters. The Bertz CT molecular complexity index is 295. The van der Waals surface area contributed by atoms with E-state index in [9.17, 15) is 0 Å². The van der Waals surface area contributed by atoms with Gasteiger partial charge in [-0.05, 0) is 46.0 Å². The average Bonchev–Trinajstić information content (AvgIpc) is 2.70. The van der Waals surface area contributed by atoms with Crippen LogP contribution in [0.4, 0.5) is 0 Å². The van der Waals surface area contributed by atoms with Crippen LogP contribution in [0.2, 0.25) is 0 Å². The minimum atomic E-state index is -0.827. The first kappa shape index (κ1) is 28.8. The van der Waals surface area contributed by atoms with E-state index < -0.39 is 5.97 Å². The Morgan fingerprint density at radius 3 is 1.48 bits per heavy atom. The van der Waals surface area contributed by atoms with E-state index >= 15 is 0 Å². The number of rotatable bonds is 23. The molecule has 0 aromatic rings. The summed E-state index contributed by atoms with van der Waals surface area (Å²) >= 11 is 0. The lowest BCUT2D eigenvalue weighted by atomic mass is 10.1. The molecular formula is C25H52O4. The van der Waals surface area contributed by atoms with Crippen LogP contribution >= 0.6 is 0 Å². The highest BCUT2D eigenvalue weighted by Gasteiger charge is 2.32. The zero-order valence-corrected chi connectivity index (χ0v) is 20.4. The molecule has 0 amide bonds. The second-order valence-electron chi connectivity index (χ2n) is 8.22. The fourth-order valence-electron chi connectivity index (χ4n) is 3.31. The highest BCUT2D eigenvalue weighted by molar-refractivity contribution is 4.61. The van der Waals surface area contributed by atoms with E-state index in [1.807, 2.05) is 0 Å². The maximum Gasteiger partial charge on any atom is 0.282 e. The van der Waals surface area contributed by atoms with Crippen LogP contribution in [0.5, 0.6) is 0 Å². The van der Waals surface area contributed by atoms with Gasteiger partial charge in [-0.3, -0.25) is 0 Å². The largest absolute Gasteiger partial charge is 0.379 e. The highest BCUT2D eigenvalue weighted by Crippen LogP contribution is 2.26. The van der Waals surface area contributed by atoms with Crippen LogP contribution in [-0.2, 0) is 18.9 Å². The van der Waals surface area contributed by atoms with E-state index in [0.29, 0.717) is 25.9 Å². The molecule has 0 bridgehead atoms. The van der Waals surface area contributed by atoms with Gasteiger partial charge in [0.2, 0.25) is 0 Å². The van der Waals surface area contributed by atoms with Gasteiger partial charge in [0, 0.05) is 13.0 Å². The first-order chi connectivity index (χ1) is 14.1. The van der Waals surface area contributed by atoms with Crippen molar-refractivity contribution in [3.8, 4) is 0 Å². The molecule has 0 fully saturated rings. The molecule has 0 saturated heterocycles. The Morgan fingerprint density at radius 2 is 1.03 bits per heavy atom. The Balaban J connectivity index is 4.29. The van der Waals surface area contributed by atoms with Crippen molar-refractivity contribution < 1.29 is 18.9 Å². The van der Waals surface area contributed by atoms with Gasteiger partial charge in [-0.1, -0.05) is 72.1 Å². The Labute approximate surface area is 182 Å². The second-order valence-corrected chi connectivity index (χ2v) is 8.22. The van der Waals surface area contributed by atoms with Gasteiger partial charge in [-0.15, -0.1) is 0 Å². The lowest BCUT2D eigenvalue weighted by Crippen LogP contribution is -2.40. The number of ether oxygens (including phenoxy) is 4. The molecule has 0 radical (unpaired) electrons. The minimum absolute atomic E-state index is 0.404. The summed E-state index contributed by atoms with van der Waals surface area (Å²) in [6.45, 7) is 13.8. The van der Waals surface area contributed by atoms with Crippen LogP contribution in [0, 0.1) is 0 Å². The molecule has 0 N–H and O–H groups in total. The van der Waals surface area contributed by atoms with Gasteiger partial charge in [0.05, 0.1) is 25.9 Å². The maximum atomic E-state index is 6.20. The zero-order valence-electron chi connectivity index (χ0n) is 20.4. The van der Waals surface area contributed by atoms with Gasteiger partial charge >= 0.3 is 0 Å². The second kappa shape index (κ2) is 21.1. The monoisotopic (exact) mass is 416 g/mol. The predicted octanol–water partition coefficient (Wildman–Crippen LogP) is 7.64. The van der Waals surface area contributed by atoms with E-state index in [4.69, 9.17) is 18.9 Å². The molecule has 176 valence electrons. The van der Waals surface area contributed by atoms with Gasteiger partial charge in [0.15, 0.2) is 0 Å². The quantitative estimate of drug-likeness (QED) is 0.127. The highest BCUT2D eigenvalue weighted by atomic mass is 16.9. The molecule has 0 aliphatic carbocycles. The molecule has 0 spiro atoms. The summed E-state index contributed by atoms with van der Waals surface area (Å²) in [5.74, 6) is -0.827. The molecule has 1 unspecified atom stereocenters. The smallest absolute Gasteiger partial charge is 0.282 e. The number of hydrogen-bond acceptors (Lipinski definition) is 4. The van der Waals surface area contributed by atoms with E-state index in [1.54, 1.807) is 0 Å². The number of unbranched alkanes of at least 4 members (excludes halogenated alkanes) is 8. The average molecular weight is 417 g/mol. The van der Waals surface area contributed by atoms with Gasteiger partial charge in [-0.2, -0.15) is 0 Å². The standard InChI is InChI=1S/C25H52O4/c1-6-10-21-27-25(28-22-11-7-2,29-23-12-8-3)20-18-16-14-13-15-17-19-24(5)26-9-4/h24H,6-23H2,1-5H3. The summed E-state index contributed by atoms with van der Waals surface area (Å²) in [6.07, 6.45) is 16.4. The van der Waals surface area contributed by atoms with Crippen LogP contribution in [-0.4, -0.2) is 38.5 Å². The molecule has 0 aliphatic rings. The van der Waals surface area contributed by atoms with Crippen molar-refractivity contribution in [3.05, 3.63) is 0 Å². The van der Waals surface area contributed by atoms with E-state index in [-0.39, 0.29) is 0 Å². The molecule has 29 heavy (non-hydrogen) atoms. The summed E-state index contributed by atoms with van der Waals surface area (Å²) in [5, 5.41) is 0. The van der Waals surface area contributed by atoms with Crippen LogP contribution < -0.4 is 0 Å². The lowest BCUT2D eigenvalue weighted by Gasteiger charge is -2.33. The lowest BCUT2D eigenvalue weighted by molar-refractivity contribution is -0.384. The van der Waals surface area contributed by atoms with Crippen LogP contribution in [0.15, 0.2) is 0 Å². The molecule has 0 heterocycles. The topological polar surface area (TPSA) is 36.9 Å². The van der Waals surface area contributed by atoms with Crippen molar-refractivity contribution in [2.45, 2.75) is 137 Å². The fourth-order valence-corrected chi connectivity index (χ4v) is 3.31. The summed E-state index contributed by atoms with van der Waals surface area (Å²) in [5.41, 5.74) is 0. The molecule has 0 aliphatic heterocycles. The normalized spacial score (nSPS) is 13.1. The van der Waals surface area contributed by atoms with Crippen LogP contribution in [0.1, 0.15) is 125 Å². The summed E-state index contributed by atoms with van der Waals surface area (Å²) in [4.78, 5) is 0. The Morgan fingerprint density at radius 1 is 0.586 bits per heavy atom. The van der Waals surface area contributed by atoms with Crippen molar-refractivity contribution in [1.29, 1.82) is 0 Å². The van der Waals surface area contributed by atoms with Gasteiger partial charge in [0.1, 0.15) is 0 Å². The molecule has 0 aromatic heterocycles. The predicted molar refractivity (Wildman–Crippen MR) is 123 cm³/mol. The third kappa shape index (κ3) is 17.2. The molecule has 0 saturated carbocycles.